The minimum Gasteiger partial charge on any atom is -0.493 e. The van der Waals surface area contributed by atoms with Crippen LogP contribution < -0.4 is 18.9 Å². The highest BCUT2D eigenvalue weighted by atomic mass is 79.9. The Kier molecular flexibility index (Phi) is 7.60. The van der Waals surface area contributed by atoms with Crippen molar-refractivity contribution in [3.8, 4) is 23.0 Å². The second kappa shape index (κ2) is 11.1. The van der Waals surface area contributed by atoms with Crippen molar-refractivity contribution in [2.75, 3.05) is 13.7 Å². The summed E-state index contributed by atoms with van der Waals surface area (Å²) in [5, 5.41) is 7.17. The van der Waals surface area contributed by atoms with E-state index < -0.39 is 6.23 Å². The van der Waals surface area contributed by atoms with Gasteiger partial charge in [0.15, 0.2) is 11.5 Å². The lowest BCUT2D eigenvalue weighted by molar-refractivity contribution is -0.0192. The molecule has 0 N–H and O–H groups in total. The van der Waals surface area contributed by atoms with Crippen molar-refractivity contribution in [3.05, 3.63) is 81.8 Å². The van der Waals surface area contributed by atoms with E-state index in [2.05, 4.69) is 46.1 Å². The number of hydrogen-bond acceptors (Lipinski definition) is 6. The minimum atomic E-state index is -0.390. The van der Waals surface area contributed by atoms with Crippen LogP contribution in [0.25, 0.3) is 0 Å². The van der Waals surface area contributed by atoms with Crippen molar-refractivity contribution in [1.82, 2.24) is 5.01 Å². The Labute approximate surface area is 227 Å². The summed E-state index contributed by atoms with van der Waals surface area (Å²) in [7, 11) is 1.67. The second-order valence-electron chi connectivity index (χ2n) is 9.60. The van der Waals surface area contributed by atoms with Crippen LogP contribution >= 0.6 is 15.9 Å². The number of hydrazone groups is 1. The van der Waals surface area contributed by atoms with E-state index in [1.54, 1.807) is 7.11 Å². The fraction of sp³-hybridized carbons (Fsp3) is 0.367. The van der Waals surface area contributed by atoms with Crippen LogP contribution in [0.3, 0.4) is 0 Å². The Morgan fingerprint density at radius 2 is 1.86 bits per heavy atom. The molecule has 2 atom stereocenters. The molecular weight excluding hydrogens is 532 g/mol. The number of hydrogen-bond donors (Lipinski definition) is 0. The van der Waals surface area contributed by atoms with Gasteiger partial charge in [-0.2, -0.15) is 5.10 Å². The predicted molar refractivity (Wildman–Crippen MR) is 149 cm³/mol. The van der Waals surface area contributed by atoms with Crippen LogP contribution in [-0.4, -0.2) is 30.5 Å². The SMILES string of the molecule is CCCCOc1ccc([C@@H]2Oc3ccc(Br)cc3[C@H]3CC(c4ccc(OC(C)C)cc4)=NN32)cc1OC. The molecule has 0 spiro atoms. The Morgan fingerprint density at radius 3 is 2.59 bits per heavy atom. The molecule has 6 nitrogen and oxygen atoms in total. The average Bonchev–Trinajstić information content (AvgIpc) is 3.34. The highest BCUT2D eigenvalue weighted by Gasteiger charge is 2.41. The molecule has 0 unspecified atom stereocenters. The summed E-state index contributed by atoms with van der Waals surface area (Å²) in [6.07, 6.45) is 2.61. The van der Waals surface area contributed by atoms with Crippen LogP contribution in [0.1, 0.15) is 69.0 Å². The van der Waals surface area contributed by atoms with Gasteiger partial charge in [0.25, 0.3) is 0 Å². The van der Waals surface area contributed by atoms with Crippen LogP contribution in [0.4, 0.5) is 0 Å². The van der Waals surface area contributed by atoms with Crippen molar-refractivity contribution in [1.29, 1.82) is 0 Å². The summed E-state index contributed by atoms with van der Waals surface area (Å²) in [5.74, 6) is 3.16. The molecule has 2 heterocycles. The summed E-state index contributed by atoms with van der Waals surface area (Å²) >= 11 is 3.63. The fourth-order valence-electron chi connectivity index (χ4n) is 4.73. The molecule has 0 bridgehead atoms. The molecule has 7 heteroatoms. The van der Waals surface area contributed by atoms with Gasteiger partial charge in [0.2, 0.25) is 6.23 Å². The monoisotopic (exact) mass is 564 g/mol. The van der Waals surface area contributed by atoms with Crippen LogP contribution in [-0.2, 0) is 0 Å². The number of halogens is 1. The van der Waals surface area contributed by atoms with E-state index in [0.29, 0.717) is 12.4 Å². The first-order chi connectivity index (χ1) is 18.0. The van der Waals surface area contributed by atoms with Gasteiger partial charge in [-0.15, -0.1) is 0 Å². The molecule has 3 aromatic carbocycles. The van der Waals surface area contributed by atoms with Crippen LogP contribution in [0.5, 0.6) is 23.0 Å². The molecule has 0 radical (unpaired) electrons. The first-order valence-electron chi connectivity index (χ1n) is 12.9. The van der Waals surface area contributed by atoms with E-state index in [0.717, 1.165) is 63.4 Å². The lowest BCUT2D eigenvalue weighted by Crippen LogP contribution is -2.33. The zero-order valence-electron chi connectivity index (χ0n) is 21.7. The molecule has 0 aliphatic carbocycles. The molecule has 0 saturated heterocycles. The Morgan fingerprint density at radius 1 is 1.05 bits per heavy atom. The molecule has 194 valence electrons. The van der Waals surface area contributed by atoms with Gasteiger partial charge in [-0.3, -0.25) is 0 Å². The summed E-state index contributed by atoms with van der Waals surface area (Å²) in [4.78, 5) is 0. The topological polar surface area (TPSA) is 52.5 Å². The third kappa shape index (κ3) is 5.42. The van der Waals surface area contributed by atoms with E-state index >= 15 is 0 Å². The van der Waals surface area contributed by atoms with Crippen molar-refractivity contribution in [2.24, 2.45) is 5.10 Å². The van der Waals surface area contributed by atoms with E-state index in [1.807, 2.05) is 56.3 Å². The first-order valence-corrected chi connectivity index (χ1v) is 13.7. The number of fused-ring (bicyclic) bond motifs is 3. The normalized spacial score (nSPS) is 18.1. The van der Waals surface area contributed by atoms with Crippen LogP contribution in [0, 0.1) is 0 Å². The predicted octanol–water partition coefficient (Wildman–Crippen LogP) is 7.67. The van der Waals surface area contributed by atoms with Gasteiger partial charge in [-0.25, -0.2) is 5.01 Å². The molecule has 5 rings (SSSR count). The minimum absolute atomic E-state index is 0.0549. The highest BCUT2D eigenvalue weighted by Crippen LogP contribution is 2.49. The molecule has 37 heavy (non-hydrogen) atoms. The van der Waals surface area contributed by atoms with E-state index in [1.165, 1.54) is 0 Å². The Bertz CT molecular complexity index is 1280. The summed E-state index contributed by atoms with van der Waals surface area (Å²) < 4.78 is 25.0. The second-order valence-corrected chi connectivity index (χ2v) is 10.5. The standard InChI is InChI=1S/C30H33BrN2O4/c1-5-6-15-35-28-13-9-21(16-29(28)34-4)30-33-26(24-17-22(31)10-14-27(24)37-30)18-25(32-33)20-7-11-23(12-8-20)36-19(2)3/h7-14,16-17,19,26,30H,5-6,15,18H2,1-4H3/t26-,30+/m1/s1. The molecule has 2 aliphatic rings. The number of nitrogens with zero attached hydrogens (tertiary/aromatic N) is 2. The van der Waals surface area contributed by atoms with Crippen LogP contribution in [0.2, 0.25) is 0 Å². The zero-order chi connectivity index (χ0) is 25.9. The molecular formula is C30H33BrN2O4. The van der Waals surface area contributed by atoms with Crippen LogP contribution in [0.15, 0.2) is 70.2 Å². The molecule has 3 aromatic rings. The smallest absolute Gasteiger partial charge is 0.214 e. The van der Waals surface area contributed by atoms with E-state index in [9.17, 15) is 0 Å². The third-order valence-corrected chi connectivity index (χ3v) is 7.03. The summed E-state index contributed by atoms with van der Waals surface area (Å²) in [5.41, 5.74) is 4.19. The zero-order valence-corrected chi connectivity index (χ0v) is 23.3. The molecule has 2 aliphatic heterocycles. The van der Waals surface area contributed by atoms with Gasteiger partial charge in [-0.05, 0) is 86.5 Å². The molecule has 0 aromatic heterocycles. The van der Waals surface area contributed by atoms with Gasteiger partial charge < -0.3 is 18.9 Å². The van der Waals surface area contributed by atoms with Crippen molar-refractivity contribution >= 4 is 21.6 Å². The van der Waals surface area contributed by atoms with E-state index in [-0.39, 0.29) is 12.1 Å². The maximum atomic E-state index is 6.55. The quantitative estimate of drug-likeness (QED) is 0.249. The van der Waals surface area contributed by atoms with E-state index in [4.69, 9.17) is 24.0 Å². The summed E-state index contributed by atoms with van der Waals surface area (Å²) in [6.45, 7) is 6.87. The van der Waals surface area contributed by atoms with Gasteiger partial charge in [0.1, 0.15) is 11.5 Å². The lowest BCUT2D eigenvalue weighted by atomic mass is 9.96. The molecule has 0 fully saturated rings. The average molecular weight is 566 g/mol. The Hall–Kier alpha value is -3.19. The lowest BCUT2D eigenvalue weighted by Gasteiger charge is -2.38. The number of unbranched alkanes of at least 4 members (excludes halogenated alkanes) is 1. The first kappa shape index (κ1) is 25.5. The van der Waals surface area contributed by atoms with Gasteiger partial charge in [-0.1, -0.05) is 29.3 Å². The number of benzene rings is 3. The van der Waals surface area contributed by atoms with Gasteiger partial charge in [0.05, 0.1) is 31.6 Å². The number of ether oxygens (including phenoxy) is 4. The van der Waals surface area contributed by atoms with Gasteiger partial charge >= 0.3 is 0 Å². The maximum absolute atomic E-state index is 6.55. The fourth-order valence-corrected chi connectivity index (χ4v) is 5.11. The number of rotatable bonds is 9. The number of methoxy groups -OCH3 is 1. The third-order valence-electron chi connectivity index (χ3n) is 6.54. The van der Waals surface area contributed by atoms with Gasteiger partial charge in [0, 0.05) is 22.0 Å². The maximum Gasteiger partial charge on any atom is 0.214 e. The molecule has 0 saturated carbocycles. The van der Waals surface area contributed by atoms with Crippen molar-refractivity contribution in [3.63, 3.8) is 0 Å². The largest absolute Gasteiger partial charge is 0.493 e. The highest BCUT2D eigenvalue weighted by molar-refractivity contribution is 9.10. The molecule has 0 amide bonds. The van der Waals surface area contributed by atoms with Crippen molar-refractivity contribution in [2.45, 2.75) is 58.4 Å². The Balaban J connectivity index is 1.48. The van der Waals surface area contributed by atoms with Crippen molar-refractivity contribution < 1.29 is 18.9 Å². The summed E-state index contributed by atoms with van der Waals surface area (Å²) in [6, 6.07) is 20.4.